The van der Waals surface area contributed by atoms with Gasteiger partial charge in [-0.15, -0.1) is 0 Å². The van der Waals surface area contributed by atoms with E-state index in [1.807, 2.05) is 0 Å². The Morgan fingerprint density at radius 1 is 1.54 bits per heavy atom. The summed E-state index contributed by atoms with van der Waals surface area (Å²) >= 11 is 0. The van der Waals surface area contributed by atoms with Crippen molar-refractivity contribution in [2.75, 3.05) is 13.2 Å². The summed E-state index contributed by atoms with van der Waals surface area (Å²) in [6.45, 7) is 2.85. The van der Waals surface area contributed by atoms with Gasteiger partial charge in [0.15, 0.2) is 0 Å². The highest BCUT2D eigenvalue weighted by Gasteiger charge is 2.43. The minimum absolute atomic E-state index is 0.00492. The summed E-state index contributed by atoms with van der Waals surface area (Å²) in [5.74, 6) is 0.0506. The molecule has 1 saturated carbocycles. The van der Waals surface area contributed by atoms with Crippen LogP contribution < -0.4 is 5.32 Å². The maximum Gasteiger partial charge on any atom is 0.228 e. The summed E-state index contributed by atoms with van der Waals surface area (Å²) in [5, 5.41) is 12.0. The van der Waals surface area contributed by atoms with E-state index in [0.29, 0.717) is 0 Å². The van der Waals surface area contributed by atoms with Crippen LogP contribution in [0.3, 0.4) is 0 Å². The predicted molar refractivity (Wildman–Crippen MR) is 51.3 cm³/mol. The van der Waals surface area contributed by atoms with E-state index < -0.39 is 5.41 Å². The van der Waals surface area contributed by atoms with Crippen molar-refractivity contribution in [3.8, 4) is 0 Å². The van der Waals surface area contributed by atoms with Crippen LogP contribution in [0.2, 0.25) is 0 Å². The van der Waals surface area contributed by atoms with Crippen LogP contribution in [0, 0.1) is 5.41 Å². The standard InChI is InChI=1S/C10H19NO2/c1-2-3-7-11-9(13)10(8-12)5-4-6-10/h12H,2-8H2,1H3,(H,11,13). The number of unbranched alkanes of at least 4 members (excludes halogenated alkanes) is 1. The van der Waals surface area contributed by atoms with E-state index in [9.17, 15) is 4.79 Å². The Bertz CT molecular complexity index is 170. The maximum absolute atomic E-state index is 11.6. The van der Waals surface area contributed by atoms with Crippen LogP contribution in [0.4, 0.5) is 0 Å². The number of amides is 1. The molecule has 0 aliphatic heterocycles. The number of hydrogen-bond donors (Lipinski definition) is 2. The van der Waals surface area contributed by atoms with Crippen molar-refractivity contribution in [3.63, 3.8) is 0 Å². The molecule has 0 aromatic carbocycles. The molecule has 0 spiro atoms. The van der Waals surface area contributed by atoms with Crippen molar-refractivity contribution in [2.24, 2.45) is 5.41 Å². The molecule has 3 heteroatoms. The van der Waals surface area contributed by atoms with Crippen molar-refractivity contribution in [3.05, 3.63) is 0 Å². The molecule has 1 amide bonds. The van der Waals surface area contributed by atoms with E-state index in [4.69, 9.17) is 5.11 Å². The number of hydrogen-bond acceptors (Lipinski definition) is 2. The van der Waals surface area contributed by atoms with Crippen LogP contribution in [0.1, 0.15) is 39.0 Å². The second kappa shape index (κ2) is 4.61. The van der Waals surface area contributed by atoms with Gasteiger partial charge in [-0.05, 0) is 19.3 Å². The number of aliphatic hydroxyl groups excluding tert-OH is 1. The average Bonchev–Trinajstić information content (AvgIpc) is 2.04. The third-order valence-corrected chi connectivity index (χ3v) is 2.91. The Morgan fingerprint density at radius 2 is 2.23 bits per heavy atom. The Balaban J connectivity index is 2.28. The van der Waals surface area contributed by atoms with Crippen molar-refractivity contribution in [1.82, 2.24) is 5.32 Å². The molecule has 0 aromatic rings. The SMILES string of the molecule is CCCCNC(=O)C1(CO)CCC1. The lowest BCUT2D eigenvalue weighted by Crippen LogP contribution is -2.48. The molecule has 0 saturated heterocycles. The summed E-state index contributed by atoms with van der Waals surface area (Å²) in [4.78, 5) is 11.6. The number of nitrogens with one attached hydrogen (secondary N) is 1. The molecule has 76 valence electrons. The Hall–Kier alpha value is -0.570. The third-order valence-electron chi connectivity index (χ3n) is 2.91. The Morgan fingerprint density at radius 3 is 2.62 bits per heavy atom. The van der Waals surface area contributed by atoms with Gasteiger partial charge in [0.25, 0.3) is 0 Å². The Kier molecular flexibility index (Phi) is 3.72. The van der Waals surface area contributed by atoms with Gasteiger partial charge in [-0.1, -0.05) is 19.8 Å². The van der Waals surface area contributed by atoms with Crippen LogP contribution in [0.15, 0.2) is 0 Å². The monoisotopic (exact) mass is 185 g/mol. The summed E-state index contributed by atoms with van der Waals surface area (Å²) < 4.78 is 0. The molecule has 13 heavy (non-hydrogen) atoms. The first-order valence-corrected chi connectivity index (χ1v) is 5.14. The number of carbonyl (C=O) groups excluding carboxylic acids is 1. The molecule has 1 rings (SSSR count). The fourth-order valence-corrected chi connectivity index (χ4v) is 1.63. The van der Waals surface area contributed by atoms with Gasteiger partial charge in [-0.2, -0.15) is 0 Å². The maximum atomic E-state index is 11.6. The normalized spacial score (nSPS) is 19.2. The average molecular weight is 185 g/mol. The lowest BCUT2D eigenvalue weighted by molar-refractivity contribution is -0.139. The van der Waals surface area contributed by atoms with Gasteiger partial charge < -0.3 is 10.4 Å². The fourth-order valence-electron chi connectivity index (χ4n) is 1.63. The number of aliphatic hydroxyl groups is 1. The van der Waals surface area contributed by atoms with Gasteiger partial charge in [0, 0.05) is 6.54 Å². The lowest BCUT2D eigenvalue weighted by atomic mass is 9.68. The van der Waals surface area contributed by atoms with Gasteiger partial charge >= 0.3 is 0 Å². The third kappa shape index (κ3) is 2.21. The first-order chi connectivity index (χ1) is 6.25. The summed E-state index contributed by atoms with van der Waals surface area (Å²) in [5.41, 5.74) is -0.423. The van der Waals surface area contributed by atoms with Crippen LogP contribution >= 0.6 is 0 Å². The van der Waals surface area contributed by atoms with Gasteiger partial charge in [0.1, 0.15) is 0 Å². The highest BCUT2D eigenvalue weighted by Crippen LogP contribution is 2.40. The van der Waals surface area contributed by atoms with Crippen LogP contribution in [-0.2, 0) is 4.79 Å². The zero-order valence-corrected chi connectivity index (χ0v) is 8.31. The van der Waals surface area contributed by atoms with E-state index in [1.54, 1.807) is 0 Å². The van der Waals surface area contributed by atoms with Gasteiger partial charge in [0.2, 0.25) is 5.91 Å². The minimum Gasteiger partial charge on any atom is -0.395 e. The quantitative estimate of drug-likeness (QED) is 0.629. The second-order valence-electron chi connectivity index (χ2n) is 3.90. The zero-order valence-electron chi connectivity index (χ0n) is 8.31. The van der Waals surface area contributed by atoms with Crippen molar-refractivity contribution in [2.45, 2.75) is 39.0 Å². The smallest absolute Gasteiger partial charge is 0.228 e. The molecule has 0 unspecified atom stereocenters. The van der Waals surface area contributed by atoms with Crippen molar-refractivity contribution >= 4 is 5.91 Å². The predicted octanol–water partition coefficient (Wildman–Crippen LogP) is 1.07. The minimum atomic E-state index is -0.423. The fraction of sp³-hybridized carbons (Fsp3) is 0.900. The van der Waals surface area contributed by atoms with Crippen LogP contribution in [0.25, 0.3) is 0 Å². The number of carbonyl (C=O) groups is 1. The molecular formula is C10H19NO2. The van der Waals surface area contributed by atoms with Gasteiger partial charge in [-0.3, -0.25) is 4.79 Å². The van der Waals surface area contributed by atoms with Crippen molar-refractivity contribution < 1.29 is 9.90 Å². The molecule has 0 atom stereocenters. The number of rotatable bonds is 5. The summed E-state index contributed by atoms with van der Waals surface area (Å²) in [6.07, 6.45) is 4.88. The van der Waals surface area contributed by atoms with E-state index in [0.717, 1.165) is 38.6 Å². The van der Waals surface area contributed by atoms with E-state index in [1.165, 1.54) is 0 Å². The highest BCUT2D eigenvalue weighted by molar-refractivity contribution is 5.83. The Labute approximate surface area is 79.5 Å². The molecule has 1 fully saturated rings. The van der Waals surface area contributed by atoms with Crippen LogP contribution in [-0.4, -0.2) is 24.2 Å². The molecule has 3 nitrogen and oxygen atoms in total. The summed E-state index contributed by atoms with van der Waals surface area (Å²) in [7, 11) is 0. The van der Waals surface area contributed by atoms with Gasteiger partial charge in [-0.25, -0.2) is 0 Å². The first-order valence-electron chi connectivity index (χ1n) is 5.14. The molecule has 2 N–H and O–H groups in total. The second-order valence-corrected chi connectivity index (χ2v) is 3.90. The largest absolute Gasteiger partial charge is 0.395 e. The first kappa shape index (κ1) is 10.5. The topological polar surface area (TPSA) is 49.3 Å². The highest BCUT2D eigenvalue weighted by atomic mass is 16.3. The van der Waals surface area contributed by atoms with Crippen molar-refractivity contribution in [1.29, 1.82) is 0 Å². The van der Waals surface area contributed by atoms with Crippen LogP contribution in [0.5, 0.6) is 0 Å². The van der Waals surface area contributed by atoms with E-state index in [2.05, 4.69) is 12.2 Å². The molecule has 1 aliphatic carbocycles. The van der Waals surface area contributed by atoms with Gasteiger partial charge in [0.05, 0.1) is 12.0 Å². The molecular weight excluding hydrogens is 166 g/mol. The lowest BCUT2D eigenvalue weighted by Gasteiger charge is -2.38. The van der Waals surface area contributed by atoms with E-state index >= 15 is 0 Å². The summed E-state index contributed by atoms with van der Waals surface area (Å²) in [6, 6.07) is 0. The molecule has 0 aromatic heterocycles. The molecule has 0 heterocycles. The van der Waals surface area contributed by atoms with E-state index in [-0.39, 0.29) is 12.5 Å². The molecule has 0 radical (unpaired) electrons. The molecule has 1 aliphatic rings. The molecule has 0 bridgehead atoms. The zero-order chi connectivity index (χ0) is 9.73.